The van der Waals surface area contributed by atoms with Gasteiger partial charge in [0.25, 0.3) is 5.56 Å². The molecule has 184 valence electrons. The number of hydrogen-bond acceptors (Lipinski definition) is 5. The summed E-state index contributed by atoms with van der Waals surface area (Å²) in [5, 5.41) is 5.39. The minimum Gasteiger partial charge on any atom is -0.466 e. The summed E-state index contributed by atoms with van der Waals surface area (Å²) < 4.78 is 19.6. The number of nitrogens with zero attached hydrogens (tertiary/aromatic N) is 1. The summed E-state index contributed by atoms with van der Waals surface area (Å²) in [7, 11) is 0. The van der Waals surface area contributed by atoms with E-state index in [1.54, 1.807) is 48.7 Å². The van der Waals surface area contributed by atoms with E-state index in [2.05, 4.69) is 10.6 Å². The van der Waals surface area contributed by atoms with Crippen LogP contribution in [0.2, 0.25) is 5.02 Å². The molecule has 8 nitrogen and oxygen atoms in total. The maximum absolute atomic E-state index is 13.5. The second-order valence-corrected chi connectivity index (χ2v) is 7.57. The number of rotatable bonds is 7. The normalized spacial score (nSPS) is 11.5. The molecule has 0 unspecified atom stereocenters. The molecule has 35 heavy (non-hydrogen) atoms. The van der Waals surface area contributed by atoms with Gasteiger partial charge in [0.05, 0.1) is 23.9 Å². The van der Waals surface area contributed by atoms with Crippen molar-refractivity contribution in [3.05, 3.63) is 88.1 Å². The SMILES string of the molecule is CCOC(=O)C1CC1.O=CNc1ccc(-n2ccccc2=O)cc1F.O=CNc1ccc(Cl)cc1. The number of esters is 1. The van der Waals surface area contributed by atoms with Gasteiger partial charge in [0, 0.05) is 29.0 Å². The fraction of sp³-hybridized carbons (Fsp3) is 0.200. The third kappa shape index (κ3) is 9.42. The predicted molar refractivity (Wildman–Crippen MR) is 132 cm³/mol. The van der Waals surface area contributed by atoms with Crippen molar-refractivity contribution in [2.45, 2.75) is 19.8 Å². The van der Waals surface area contributed by atoms with Gasteiger partial charge >= 0.3 is 5.97 Å². The van der Waals surface area contributed by atoms with Crippen LogP contribution in [0.5, 0.6) is 0 Å². The number of amides is 2. The molecular formula is C25H25ClFN3O5. The molecule has 1 aliphatic rings. The monoisotopic (exact) mass is 501 g/mol. The molecule has 0 bridgehead atoms. The lowest BCUT2D eigenvalue weighted by molar-refractivity contribution is -0.144. The van der Waals surface area contributed by atoms with Gasteiger partial charge in [-0.25, -0.2) is 4.39 Å². The van der Waals surface area contributed by atoms with E-state index in [1.165, 1.54) is 22.8 Å². The van der Waals surface area contributed by atoms with Crippen LogP contribution < -0.4 is 16.2 Å². The van der Waals surface area contributed by atoms with Crippen LogP contribution in [0.3, 0.4) is 0 Å². The van der Waals surface area contributed by atoms with Gasteiger partial charge in [0.15, 0.2) is 0 Å². The topological polar surface area (TPSA) is 106 Å². The van der Waals surface area contributed by atoms with Gasteiger partial charge in [0.1, 0.15) is 5.82 Å². The fourth-order valence-electron chi connectivity index (χ4n) is 2.67. The average Bonchev–Trinajstić information content (AvgIpc) is 3.69. The lowest BCUT2D eigenvalue weighted by Gasteiger charge is -2.07. The molecule has 0 saturated heterocycles. The Balaban J connectivity index is 0.000000204. The van der Waals surface area contributed by atoms with E-state index in [0.717, 1.165) is 18.5 Å². The number of halogens is 2. The maximum atomic E-state index is 13.5. The number of hydrogen-bond donors (Lipinski definition) is 2. The highest BCUT2D eigenvalue weighted by Crippen LogP contribution is 2.29. The second-order valence-electron chi connectivity index (χ2n) is 7.13. The first kappa shape index (κ1) is 27.3. The van der Waals surface area contributed by atoms with Gasteiger partial charge in [-0.1, -0.05) is 17.7 Å². The molecule has 0 aliphatic heterocycles. The Bertz CT molecular complexity index is 1180. The van der Waals surface area contributed by atoms with Crippen LogP contribution in [0.4, 0.5) is 15.8 Å². The molecule has 1 saturated carbocycles. The van der Waals surface area contributed by atoms with Crippen molar-refractivity contribution >= 4 is 41.8 Å². The Morgan fingerprint density at radius 2 is 1.77 bits per heavy atom. The number of carbonyl (C=O) groups excluding carboxylic acids is 3. The Morgan fingerprint density at radius 3 is 2.31 bits per heavy atom. The van der Waals surface area contributed by atoms with Crippen LogP contribution in [0.1, 0.15) is 19.8 Å². The first-order chi connectivity index (χ1) is 16.9. The van der Waals surface area contributed by atoms with Crippen molar-refractivity contribution in [3.63, 3.8) is 0 Å². The van der Waals surface area contributed by atoms with E-state index in [9.17, 15) is 23.6 Å². The Hall–Kier alpha value is -3.98. The van der Waals surface area contributed by atoms with Gasteiger partial charge in [-0.3, -0.25) is 23.7 Å². The van der Waals surface area contributed by atoms with E-state index < -0.39 is 5.82 Å². The van der Waals surface area contributed by atoms with Gasteiger partial charge in [-0.05, 0) is 62.2 Å². The van der Waals surface area contributed by atoms with Crippen molar-refractivity contribution < 1.29 is 23.5 Å². The molecule has 0 atom stereocenters. The van der Waals surface area contributed by atoms with Crippen LogP contribution >= 0.6 is 11.6 Å². The highest BCUT2D eigenvalue weighted by atomic mass is 35.5. The largest absolute Gasteiger partial charge is 0.466 e. The van der Waals surface area contributed by atoms with Crippen molar-refractivity contribution in [1.29, 1.82) is 0 Å². The summed E-state index contributed by atoms with van der Waals surface area (Å²) >= 11 is 5.60. The minimum absolute atomic E-state index is 0.00694. The number of aromatic nitrogens is 1. The van der Waals surface area contributed by atoms with E-state index in [1.807, 2.05) is 6.92 Å². The number of nitrogens with one attached hydrogen (secondary N) is 2. The maximum Gasteiger partial charge on any atom is 0.308 e. The predicted octanol–water partition coefficient (Wildman–Crippen LogP) is 4.41. The lowest BCUT2D eigenvalue weighted by Crippen LogP contribution is -2.15. The van der Waals surface area contributed by atoms with Crippen LogP contribution in [-0.4, -0.2) is 30.0 Å². The third-order valence-corrected chi connectivity index (χ3v) is 4.79. The van der Waals surface area contributed by atoms with Crippen LogP contribution in [0, 0.1) is 11.7 Å². The minimum atomic E-state index is -0.592. The summed E-state index contributed by atoms with van der Waals surface area (Å²) in [4.78, 5) is 42.2. The average molecular weight is 502 g/mol. The lowest BCUT2D eigenvalue weighted by atomic mass is 10.2. The molecule has 2 amide bonds. The van der Waals surface area contributed by atoms with Crippen LogP contribution in [0.25, 0.3) is 5.69 Å². The zero-order valence-electron chi connectivity index (χ0n) is 18.9. The molecule has 0 radical (unpaired) electrons. The van der Waals surface area contributed by atoms with Crippen molar-refractivity contribution in [3.8, 4) is 5.69 Å². The molecule has 0 spiro atoms. The Morgan fingerprint density at radius 1 is 1.09 bits per heavy atom. The summed E-state index contributed by atoms with van der Waals surface area (Å²) in [5.74, 6) is -0.340. The Kier molecular flexibility index (Phi) is 11.2. The number of carbonyl (C=O) groups is 3. The standard InChI is InChI=1S/C12H9FN2O2.C7H6ClNO.C6H10O2/c13-10-7-9(4-5-11(10)14-8-16)15-6-2-1-3-12(15)17;8-6-1-3-7(4-2-6)9-5-10;1-2-8-6(7)5-3-4-5/h1-8H,(H,14,16);1-5H,(H,9,10);5H,2-4H2,1H3. The van der Waals surface area contributed by atoms with Crippen molar-refractivity contribution in [2.24, 2.45) is 5.92 Å². The molecule has 2 N–H and O–H groups in total. The third-order valence-electron chi connectivity index (χ3n) is 4.53. The zero-order valence-corrected chi connectivity index (χ0v) is 19.7. The second kappa shape index (κ2) is 14.3. The van der Waals surface area contributed by atoms with Gasteiger partial charge in [0.2, 0.25) is 12.8 Å². The zero-order chi connectivity index (χ0) is 25.6. The van der Waals surface area contributed by atoms with E-state index in [4.69, 9.17) is 16.3 Å². The van der Waals surface area contributed by atoms with Crippen LogP contribution in [-0.2, 0) is 19.1 Å². The first-order valence-electron chi connectivity index (χ1n) is 10.7. The van der Waals surface area contributed by atoms with Gasteiger partial charge in [-0.2, -0.15) is 0 Å². The molecule has 1 aliphatic carbocycles. The highest BCUT2D eigenvalue weighted by Gasteiger charge is 2.30. The van der Waals surface area contributed by atoms with Gasteiger partial charge < -0.3 is 15.4 Å². The molecule has 4 rings (SSSR count). The number of benzene rings is 2. The van der Waals surface area contributed by atoms with Crippen molar-refractivity contribution in [1.82, 2.24) is 4.57 Å². The quantitative estimate of drug-likeness (QED) is 0.368. The number of pyridine rings is 1. The molecule has 1 fully saturated rings. The van der Waals surface area contributed by atoms with Crippen LogP contribution in [0.15, 0.2) is 71.7 Å². The molecular weight excluding hydrogens is 477 g/mol. The highest BCUT2D eigenvalue weighted by molar-refractivity contribution is 6.30. The first-order valence-corrected chi connectivity index (χ1v) is 11.1. The summed E-state index contributed by atoms with van der Waals surface area (Å²) in [6, 6.07) is 15.7. The van der Waals surface area contributed by atoms with E-state index >= 15 is 0 Å². The van der Waals surface area contributed by atoms with E-state index in [-0.39, 0.29) is 23.1 Å². The summed E-state index contributed by atoms with van der Waals surface area (Å²) in [6.07, 6.45) is 4.65. The molecule has 1 aromatic heterocycles. The molecule has 3 aromatic rings. The Labute approximate surface area is 206 Å². The van der Waals surface area contributed by atoms with Gasteiger partial charge in [-0.15, -0.1) is 0 Å². The summed E-state index contributed by atoms with van der Waals surface area (Å²) in [6.45, 7) is 2.36. The number of ether oxygens (including phenoxy) is 1. The van der Waals surface area contributed by atoms with Crippen molar-refractivity contribution in [2.75, 3.05) is 17.2 Å². The molecule has 10 heteroatoms. The fourth-order valence-corrected chi connectivity index (χ4v) is 2.79. The summed E-state index contributed by atoms with van der Waals surface area (Å²) in [5.41, 5.74) is 0.986. The molecule has 1 heterocycles. The molecule has 2 aromatic carbocycles. The van der Waals surface area contributed by atoms with E-state index in [0.29, 0.717) is 30.1 Å². The number of anilines is 2. The smallest absolute Gasteiger partial charge is 0.308 e.